The third kappa shape index (κ3) is 3.73. The number of amides is 2. The van der Waals surface area contributed by atoms with Crippen molar-refractivity contribution in [2.75, 3.05) is 5.32 Å². The zero-order valence-corrected chi connectivity index (χ0v) is 15.0. The van der Waals surface area contributed by atoms with Crippen LogP contribution in [-0.4, -0.2) is 22.0 Å². The number of fused-ring (bicyclic) bond motifs is 1. The van der Waals surface area contributed by atoms with E-state index in [2.05, 4.69) is 20.8 Å². The minimum Gasteiger partial charge on any atom is -0.347 e. The molecule has 3 N–H and O–H groups in total. The highest BCUT2D eigenvalue weighted by Gasteiger charge is 2.13. The number of H-pyrrole nitrogens is 1. The average Bonchev–Trinajstić information content (AvgIpc) is 3.36. The number of anilines is 1. The quantitative estimate of drug-likeness (QED) is 0.495. The van der Waals surface area contributed by atoms with E-state index < -0.39 is 0 Å². The third-order valence-electron chi connectivity index (χ3n) is 4.10. The number of nitrogens with zero attached hydrogens (tertiary/aromatic N) is 1. The van der Waals surface area contributed by atoms with E-state index in [4.69, 9.17) is 0 Å². The highest BCUT2D eigenvalue weighted by Crippen LogP contribution is 2.22. The van der Waals surface area contributed by atoms with E-state index in [1.165, 1.54) is 0 Å². The summed E-state index contributed by atoms with van der Waals surface area (Å²) in [4.78, 5) is 25.9. The van der Waals surface area contributed by atoms with Gasteiger partial charge in [0.25, 0.3) is 11.8 Å². The molecule has 6 nitrogen and oxygen atoms in total. The molecular weight excluding hydrogens is 360 g/mol. The van der Waals surface area contributed by atoms with Crippen LogP contribution in [0.3, 0.4) is 0 Å². The molecule has 0 saturated heterocycles. The second-order valence-electron chi connectivity index (χ2n) is 5.91. The second-order valence-corrected chi connectivity index (χ2v) is 6.95. The molecule has 0 bridgehead atoms. The lowest BCUT2D eigenvalue weighted by molar-refractivity contribution is 0.0950. The topological polar surface area (TPSA) is 86.9 Å². The first-order valence-corrected chi connectivity index (χ1v) is 9.24. The molecule has 2 heterocycles. The fraction of sp³-hybridized carbons (Fsp3) is 0.0500. The Hall–Kier alpha value is -3.45. The lowest BCUT2D eigenvalue weighted by Gasteiger charge is -2.05. The van der Waals surface area contributed by atoms with E-state index >= 15 is 0 Å². The average molecular weight is 376 g/mol. The Labute approximate surface area is 159 Å². The standard InChI is InChI=1S/C20H16N4O2S/c25-19(21-12-15-7-4-10-27-15)14-8-9-17-16(11-14)18(24-23-17)22-20(26)13-5-2-1-3-6-13/h1-11H,12H2,(H,21,25)(H2,22,23,24,26). The van der Waals surface area contributed by atoms with Crippen LogP contribution in [0.4, 0.5) is 5.82 Å². The van der Waals surface area contributed by atoms with Gasteiger partial charge in [-0.2, -0.15) is 5.10 Å². The molecule has 0 saturated carbocycles. The maximum atomic E-state index is 12.4. The summed E-state index contributed by atoms with van der Waals surface area (Å²) >= 11 is 1.59. The first kappa shape index (κ1) is 17.0. The van der Waals surface area contributed by atoms with Crippen LogP contribution in [0.25, 0.3) is 10.9 Å². The van der Waals surface area contributed by atoms with Gasteiger partial charge in [-0.05, 0) is 41.8 Å². The predicted molar refractivity (Wildman–Crippen MR) is 106 cm³/mol. The van der Waals surface area contributed by atoms with Crippen LogP contribution < -0.4 is 10.6 Å². The third-order valence-corrected chi connectivity index (χ3v) is 4.97. The molecule has 27 heavy (non-hydrogen) atoms. The molecule has 2 aromatic carbocycles. The Morgan fingerprint density at radius 1 is 0.963 bits per heavy atom. The van der Waals surface area contributed by atoms with Gasteiger partial charge in [0.15, 0.2) is 5.82 Å². The van der Waals surface area contributed by atoms with Gasteiger partial charge in [0.05, 0.1) is 12.1 Å². The van der Waals surface area contributed by atoms with Crippen molar-refractivity contribution < 1.29 is 9.59 Å². The van der Waals surface area contributed by atoms with Crippen LogP contribution in [0, 0.1) is 0 Å². The van der Waals surface area contributed by atoms with Crippen LogP contribution in [-0.2, 0) is 6.54 Å². The highest BCUT2D eigenvalue weighted by molar-refractivity contribution is 7.09. The van der Waals surface area contributed by atoms with Gasteiger partial charge in [0, 0.05) is 21.4 Å². The molecule has 4 aromatic rings. The van der Waals surface area contributed by atoms with Crippen molar-refractivity contribution in [3.05, 3.63) is 82.0 Å². The van der Waals surface area contributed by atoms with E-state index in [1.54, 1.807) is 53.8 Å². The Kier molecular flexibility index (Phi) is 4.67. The molecule has 0 spiro atoms. The summed E-state index contributed by atoms with van der Waals surface area (Å²) in [7, 11) is 0. The zero-order chi connectivity index (χ0) is 18.6. The van der Waals surface area contributed by atoms with Gasteiger partial charge in [0.2, 0.25) is 0 Å². The number of hydrogen-bond acceptors (Lipinski definition) is 4. The molecular formula is C20H16N4O2S. The van der Waals surface area contributed by atoms with Crippen molar-refractivity contribution in [3.63, 3.8) is 0 Å². The Balaban J connectivity index is 1.54. The molecule has 0 aliphatic heterocycles. The van der Waals surface area contributed by atoms with Crippen molar-refractivity contribution in [1.82, 2.24) is 15.5 Å². The number of hydrogen-bond donors (Lipinski definition) is 3. The Morgan fingerprint density at radius 3 is 2.59 bits per heavy atom. The largest absolute Gasteiger partial charge is 0.347 e. The van der Waals surface area contributed by atoms with Crippen molar-refractivity contribution in [3.8, 4) is 0 Å². The molecule has 2 aromatic heterocycles. The number of carbonyl (C=O) groups excluding carboxylic acids is 2. The molecule has 0 aliphatic rings. The molecule has 0 atom stereocenters. The molecule has 0 fully saturated rings. The molecule has 0 aliphatic carbocycles. The second kappa shape index (κ2) is 7.43. The molecule has 7 heteroatoms. The van der Waals surface area contributed by atoms with Crippen LogP contribution >= 0.6 is 11.3 Å². The summed E-state index contributed by atoms with van der Waals surface area (Å²) in [6.07, 6.45) is 0. The van der Waals surface area contributed by atoms with Crippen LogP contribution in [0.2, 0.25) is 0 Å². The van der Waals surface area contributed by atoms with Crippen molar-refractivity contribution >= 4 is 39.9 Å². The number of benzene rings is 2. The molecule has 0 radical (unpaired) electrons. The monoisotopic (exact) mass is 376 g/mol. The maximum Gasteiger partial charge on any atom is 0.256 e. The van der Waals surface area contributed by atoms with Gasteiger partial charge in [-0.3, -0.25) is 14.7 Å². The minimum atomic E-state index is -0.253. The minimum absolute atomic E-state index is 0.174. The summed E-state index contributed by atoms with van der Waals surface area (Å²) in [6, 6.07) is 18.1. The normalized spacial score (nSPS) is 10.7. The number of aromatic amines is 1. The molecule has 4 rings (SSSR count). The summed E-state index contributed by atoms with van der Waals surface area (Å²) < 4.78 is 0. The Morgan fingerprint density at radius 2 is 1.81 bits per heavy atom. The lowest BCUT2D eigenvalue weighted by Crippen LogP contribution is -2.22. The molecule has 0 unspecified atom stereocenters. The van der Waals surface area contributed by atoms with Crippen molar-refractivity contribution in [2.45, 2.75) is 6.54 Å². The van der Waals surface area contributed by atoms with Gasteiger partial charge < -0.3 is 10.6 Å². The number of carbonyl (C=O) groups is 2. The smallest absolute Gasteiger partial charge is 0.256 e. The predicted octanol–water partition coefficient (Wildman–Crippen LogP) is 3.81. The highest BCUT2D eigenvalue weighted by atomic mass is 32.1. The van der Waals surface area contributed by atoms with E-state index in [9.17, 15) is 9.59 Å². The van der Waals surface area contributed by atoms with Crippen LogP contribution in [0.1, 0.15) is 25.6 Å². The zero-order valence-electron chi connectivity index (χ0n) is 14.2. The SMILES string of the molecule is O=C(NCc1cccs1)c1ccc2[nH]nc(NC(=O)c3ccccc3)c2c1. The number of aromatic nitrogens is 2. The summed E-state index contributed by atoms with van der Waals surface area (Å²) in [5.41, 5.74) is 1.79. The molecule has 134 valence electrons. The van der Waals surface area contributed by atoms with Gasteiger partial charge in [0.1, 0.15) is 0 Å². The van der Waals surface area contributed by atoms with Gasteiger partial charge >= 0.3 is 0 Å². The Bertz CT molecular complexity index is 1090. The lowest BCUT2D eigenvalue weighted by atomic mass is 10.1. The van der Waals surface area contributed by atoms with Gasteiger partial charge in [-0.1, -0.05) is 24.3 Å². The summed E-state index contributed by atoms with van der Waals surface area (Å²) in [5.74, 6) is -0.0323. The number of rotatable bonds is 5. The van der Waals surface area contributed by atoms with Crippen molar-refractivity contribution in [2.24, 2.45) is 0 Å². The van der Waals surface area contributed by atoms with E-state index in [0.29, 0.717) is 28.9 Å². The maximum absolute atomic E-state index is 12.4. The summed E-state index contributed by atoms with van der Waals surface area (Å²) in [6.45, 7) is 0.484. The fourth-order valence-corrected chi connectivity index (χ4v) is 3.35. The van der Waals surface area contributed by atoms with E-state index in [1.807, 2.05) is 23.6 Å². The molecule has 2 amide bonds. The number of nitrogens with one attached hydrogen (secondary N) is 3. The van der Waals surface area contributed by atoms with Gasteiger partial charge in [-0.15, -0.1) is 11.3 Å². The van der Waals surface area contributed by atoms with E-state index in [0.717, 1.165) is 10.4 Å². The first-order chi connectivity index (χ1) is 13.2. The fourth-order valence-electron chi connectivity index (χ4n) is 2.70. The van der Waals surface area contributed by atoms with Crippen molar-refractivity contribution in [1.29, 1.82) is 0 Å². The van der Waals surface area contributed by atoms with Crippen LogP contribution in [0.5, 0.6) is 0 Å². The summed E-state index contributed by atoms with van der Waals surface area (Å²) in [5, 5.41) is 15.4. The van der Waals surface area contributed by atoms with Gasteiger partial charge in [-0.25, -0.2) is 0 Å². The van der Waals surface area contributed by atoms with Crippen LogP contribution in [0.15, 0.2) is 66.0 Å². The number of thiophene rings is 1. The van der Waals surface area contributed by atoms with E-state index in [-0.39, 0.29) is 11.8 Å². The first-order valence-electron chi connectivity index (χ1n) is 8.36.